The molecule has 35 heavy (non-hydrogen) atoms. The van der Waals surface area contributed by atoms with Crippen molar-refractivity contribution < 1.29 is 29.0 Å². The molecule has 3 aliphatic rings. The molecule has 2 N–H and O–H groups in total. The van der Waals surface area contributed by atoms with Gasteiger partial charge in [-0.2, -0.15) is 11.8 Å². The molecule has 2 aromatic carbocycles. The number of nitrogens with zero attached hydrogens (tertiary/aromatic N) is 1. The summed E-state index contributed by atoms with van der Waals surface area (Å²) in [6, 6.07) is 15.4. The van der Waals surface area contributed by atoms with E-state index in [0.717, 1.165) is 11.1 Å². The zero-order valence-electron chi connectivity index (χ0n) is 19.2. The van der Waals surface area contributed by atoms with E-state index in [1.165, 1.54) is 27.8 Å². The molecule has 2 amide bonds. The number of hydrogen-bond acceptors (Lipinski definition) is 6. The summed E-state index contributed by atoms with van der Waals surface area (Å²) in [5, 5.41) is 12.2. The summed E-state index contributed by atoms with van der Waals surface area (Å²) >= 11 is 1.37. The number of hydrogen-bond donors (Lipinski definition) is 2. The molecular weight excluding hydrogens is 468 g/mol. The number of carboxylic acid groups (broad SMARTS) is 1. The summed E-state index contributed by atoms with van der Waals surface area (Å²) in [4.78, 5) is 38.1. The fraction of sp³-hybridized carbons (Fsp3) is 0.423. The van der Waals surface area contributed by atoms with Crippen molar-refractivity contribution in [3.8, 4) is 11.1 Å². The average Bonchev–Trinajstić information content (AvgIpc) is 3.54. The Bertz CT molecular complexity index is 1080. The maximum Gasteiger partial charge on any atom is 0.407 e. The quantitative estimate of drug-likeness (QED) is 0.541. The first-order valence-corrected chi connectivity index (χ1v) is 13.0. The second-order valence-corrected chi connectivity index (χ2v) is 10.1. The monoisotopic (exact) mass is 496 g/mol. The van der Waals surface area contributed by atoms with Gasteiger partial charge in [0, 0.05) is 31.2 Å². The van der Waals surface area contributed by atoms with E-state index in [9.17, 15) is 19.5 Å². The Kier molecular flexibility index (Phi) is 6.97. The molecule has 5 rings (SSSR count). The van der Waals surface area contributed by atoms with Crippen LogP contribution >= 0.6 is 11.8 Å². The Balaban J connectivity index is 1.06. The summed E-state index contributed by atoms with van der Waals surface area (Å²) < 4.78 is 11.1. The molecule has 1 aliphatic carbocycles. The predicted molar refractivity (Wildman–Crippen MR) is 131 cm³/mol. The van der Waals surface area contributed by atoms with Crippen molar-refractivity contribution in [3.05, 3.63) is 59.7 Å². The maximum atomic E-state index is 12.7. The molecule has 3 atom stereocenters. The van der Waals surface area contributed by atoms with Crippen molar-refractivity contribution in [3.63, 3.8) is 0 Å². The van der Waals surface area contributed by atoms with Crippen LogP contribution in [-0.4, -0.2) is 77.4 Å². The average molecular weight is 497 g/mol. The molecular formula is C26H28N2O6S. The highest BCUT2D eigenvalue weighted by molar-refractivity contribution is 7.99. The third-order valence-electron chi connectivity index (χ3n) is 6.98. The van der Waals surface area contributed by atoms with Crippen LogP contribution in [0.15, 0.2) is 48.5 Å². The first kappa shape index (κ1) is 23.7. The SMILES string of the molecule is O=C(NCCSCC(=O)N1C(C(=O)O)C[C@@H]2OCC[C@@H]21)OCC1c2ccccc2-c2ccccc21. The van der Waals surface area contributed by atoms with Crippen molar-refractivity contribution in [1.82, 2.24) is 10.2 Å². The van der Waals surface area contributed by atoms with Gasteiger partial charge in [0.25, 0.3) is 0 Å². The van der Waals surface area contributed by atoms with Gasteiger partial charge >= 0.3 is 12.1 Å². The van der Waals surface area contributed by atoms with Crippen LogP contribution in [0.2, 0.25) is 0 Å². The van der Waals surface area contributed by atoms with Gasteiger partial charge in [-0.3, -0.25) is 4.79 Å². The highest BCUT2D eigenvalue weighted by Gasteiger charge is 2.49. The molecule has 0 aromatic heterocycles. The van der Waals surface area contributed by atoms with Gasteiger partial charge in [0.1, 0.15) is 12.6 Å². The molecule has 0 spiro atoms. The van der Waals surface area contributed by atoms with Crippen LogP contribution in [0.3, 0.4) is 0 Å². The van der Waals surface area contributed by atoms with Gasteiger partial charge in [0.05, 0.1) is 17.9 Å². The fourth-order valence-electron chi connectivity index (χ4n) is 5.43. The number of aliphatic carboxylic acids is 1. The first-order chi connectivity index (χ1) is 17.0. The Hall–Kier alpha value is -3.04. The minimum absolute atomic E-state index is 0.00572. The third-order valence-corrected chi connectivity index (χ3v) is 7.93. The molecule has 2 aliphatic heterocycles. The van der Waals surface area contributed by atoms with E-state index in [1.54, 1.807) is 0 Å². The van der Waals surface area contributed by atoms with E-state index < -0.39 is 18.1 Å². The van der Waals surface area contributed by atoms with Crippen LogP contribution in [0.25, 0.3) is 11.1 Å². The number of carboxylic acids is 1. The molecule has 2 fully saturated rings. The maximum absolute atomic E-state index is 12.7. The number of rotatable bonds is 8. The standard InChI is InChI=1S/C26H28N2O6S/c29-24(28-21-9-11-33-23(21)13-22(28)25(30)31)15-35-12-10-27-26(32)34-14-20-18-7-3-1-5-16(18)17-6-2-4-8-19(17)20/h1-8,20-23H,9-15H2,(H,27,32)(H,30,31)/t21-,22?,23-/m0/s1. The number of fused-ring (bicyclic) bond motifs is 4. The summed E-state index contributed by atoms with van der Waals surface area (Å²) in [7, 11) is 0. The molecule has 0 radical (unpaired) electrons. The third kappa shape index (κ3) is 4.75. The molecule has 2 saturated heterocycles. The number of benzene rings is 2. The summed E-state index contributed by atoms with van der Waals surface area (Å²) in [5.41, 5.74) is 4.67. The normalized spacial score (nSPS) is 22.4. The largest absolute Gasteiger partial charge is 0.480 e. The molecule has 0 saturated carbocycles. The highest BCUT2D eigenvalue weighted by atomic mass is 32.2. The van der Waals surface area contributed by atoms with Gasteiger partial charge in [-0.15, -0.1) is 0 Å². The van der Waals surface area contributed by atoms with Crippen molar-refractivity contribution in [2.75, 3.05) is 31.3 Å². The smallest absolute Gasteiger partial charge is 0.407 e. The van der Waals surface area contributed by atoms with Crippen LogP contribution in [0.1, 0.15) is 29.9 Å². The Morgan fingerprint density at radius 2 is 1.77 bits per heavy atom. The Morgan fingerprint density at radius 1 is 1.09 bits per heavy atom. The van der Waals surface area contributed by atoms with Gasteiger partial charge in [-0.1, -0.05) is 48.5 Å². The van der Waals surface area contributed by atoms with Crippen LogP contribution < -0.4 is 5.32 Å². The Labute approximate surface area is 208 Å². The van der Waals surface area contributed by atoms with Crippen molar-refractivity contribution in [2.24, 2.45) is 0 Å². The van der Waals surface area contributed by atoms with Crippen LogP contribution in [0.4, 0.5) is 4.79 Å². The molecule has 2 heterocycles. The lowest BCUT2D eigenvalue weighted by Gasteiger charge is -2.26. The number of amides is 2. The second kappa shape index (κ2) is 10.3. The van der Waals surface area contributed by atoms with Crippen LogP contribution in [0.5, 0.6) is 0 Å². The molecule has 8 nitrogen and oxygen atoms in total. The lowest BCUT2D eigenvalue weighted by atomic mass is 9.98. The number of likely N-dealkylation sites (tertiary alicyclic amines) is 1. The van der Waals surface area contributed by atoms with E-state index in [-0.39, 0.29) is 36.3 Å². The van der Waals surface area contributed by atoms with E-state index in [2.05, 4.69) is 29.6 Å². The van der Waals surface area contributed by atoms with Gasteiger partial charge in [-0.25, -0.2) is 9.59 Å². The first-order valence-electron chi connectivity index (χ1n) is 11.9. The molecule has 184 valence electrons. The molecule has 9 heteroatoms. The minimum Gasteiger partial charge on any atom is -0.480 e. The number of ether oxygens (including phenoxy) is 2. The molecule has 0 bridgehead atoms. The van der Waals surface area contributed by atoms with Gasteiger partial charge in [0.2, 0.25) is 5.91 Å². The fourth-order valence-corrected chi connectivity index (χ4v) is 6.15. The summed E-state index contributed by atoms with van der Waals surface area (Å²) in [6.07, 6.45) is 0.351. The van der Waals surface area contributed by atoms with E-state index in [4.69, 9.17) is 9.47 Å². The second-order valence-electron chi connectivity index (χ2n) is 8.96. The number of nitrogens with one attached hydrogen (secondary N) is 1. The van der Waals surface area contributed by atoms with E-state index in [0.29, 0.717) is 31.7 Å². The predicted octanol–water partition coefficient (Wildman–Crippen LogP) is 3.10. The zero-order valence-corrected chi connectivity index (χ0v) is 20.0. The lowest BCUT2D eigenvalue weighted by molar-refractivity contribution is -0.148. The minimum atomic E-state index is -0.988. The van der Waals surface area contributed by atoms with Crippen LogP contribution in [0, 0.1) is 0 Å². The summed E-state index contributed by atoms with van der Waals surface area (Å²) in [5.74, 6) is -0.489. The van der Waals surface area contributed by atoms with Gasteiger partial charge in [0.15, 0.2) is 0 Å². The lowest BCUT2D eigenvalue weighted by Crippen LogP contribution is -2.46. The van der Waals surface area contributed by atoms with Crippen molar-refractivity contribution in [1.29, 1.82) is 0 Å². The number of carbonyl (C=O) groups excluding carboxylic acids is 2. The number of carbonyl (C=O) groups is 3. The van der Waals surface area contributed by atoms with Crippen LogP contribution in [-0.2, 0) is 19.1 Å². The zero-order chi connectivity index (χ0) is 24.4. The van der Waals surface area contributed by atoms with Crippen molar-refractivity contribution >= 4 is 29.7 Å². The molecule has 2 aromatic rings. The summed E-state index contributed by atoms with van der Waals surface area (Å²) in [6.45, 7) is 1.16. The van der Waals surface area contributed by atoms with Gasteiger partial charge in [-0.05, 0) is 28.7 Å². The van der Waals surface area contributed by atoms with E-state index >= 15 is 0 Å². The molecule has 1 unspecified atom stereocenters. The highest BCUT2D eigenvalue weighted by Crippen LogP contribution is 2.44. The number of thioether (sulfide) groups is 1. The van der Waals surface area contributed by atoms with Gasteiger partial charge < -0.3 is 24.8 Å². The number of alkyl carbamates (subject to hydrolysis) is 1. The van der Waals surface area contributed by atoms with Crippen molar-refractivity contribution in [2.45, 2.75) is 36.9 Å². The van der Waals surface area contributed by atoms with E-state index in [1.807, 2.05) is 24.3 Å². The Morgan fingerprint density at radius 3 is 2.46 bits per heavy atom. The topological polar surface area (TPSA) is 105 Å².